The Morgan fingerprint density at radius 3 is 2.18 bits per heavy atom. The molecular weight excluding hydrogens is 280 g/mol. The van der Waals surface area contributed by atoms with E-state index < -0.39 is 0 Å². The fourth-order valence-electron chi connectivity index (χ4n) is 3.77. The molecule has 2 fully saturated rings. The highest BCUT2D eigenvalue weighted by atomic mass is 16.2. The van der Waals surface area contributed by atoms with Crippen LogP contribution in [0.2, 0.25) is 0 Å². The fraction of sp³-hybridized carbons (Fsp3) is 0.750. The molecule has 0 bridgehead atoms. The maximum atomic E-state index is 12.1. The highest BCUT2D eigenvalue weighted by molar-refractivity contribution is 5.38. The molecule has 122 valence electrons. The first-order valence-corrected chi connectivity index (χ1v) is 8.34. The minimum absolute atomic E-state index is 0.226. The summed E-state index contributed by atoms with van der Waals surface area (Å²) in [4.78, 5) is 28.8. The molecule has 0 N–H and O–H groups in total. The lowest BCUT2D eigenvalue weighted by Gasteiger charge is -2.41. The van der Waals surface area contributed by atoms with E-state index in [9.17, 15) is 9.59 Å². The van der Waals surface area contributed by atoms with E-state index in [1.54, 1.807) is 17.7 Å². The largest absolute Gasteiger partial charge is 0.358 e. The first-order valence-electron chi connectivity index (χ1n) is 8.34. The number of nitrogens with zero attached hydrogens (tertiary/aromatic N) is 4. The lowest BCUT2D eigenvalue weighted by molar-refractivity contribution is 0.141. The summed E-state index contributed by atoms with van der Waals surface area (Å²) in [5.74, 6) is 0.755. The van der Waals surface area contributed by atoms with E-state index in [1.165, 1.54) is 39.4 Å². The van der Waals surface area contributed by atoms with Gasteiger partial charge in [0.1, 0.15) is 5.82 Å². The van der Waals surface area contributed by atoms with Crippen LogP contribution in [0.4, 0.5) is 5.82 Å². The normalized spacial score (nSPS) is 21.3. The van der Waals surface area contributed by atoms with E-state index in [2.05, 4.69) is 9.80 Å². The monoisotopic (exact) mass is 306 g/mol. The Kier molecular flexibility index (Phi) is 4.38. The molecule has 0 amide bonds. The molecular formula is C16H26N4O2. The van der Waals surface area contributed by atoms with Gasteiger partial charge in [-0.05, 0) is 38.8 Å². The molecule has 0 unspecified atom stereocenters. The number of rotatable bonds is 2. The van der Waals surface area contributed by atoms with E-state index in [-0.39, 0.29) is 11.2 Å². The topological polar surface area (TPSA) is 50.5 Å². The predicted octanol–water partition coefficient (Wildman–Crippen LogP) is 0.539. The fourth-order valence-corrected chi connectivity index (χ4v) is 3.77. The summed E-state index contributed by atoms with van der Waals surface area (Å²) in [7, 11) is 3.27. The first kappa shape index (κ1) is 15.3. The van der Waals surface area contributed by atoms with E-state index >= 15 is 0 Å². The molecule has 0 aromatic carbocycles. The SMILES string of the molecule is Cn1c(N2CCC(N3CCCCC3)CC2)cc(=O)n(C)c1=O. The van der Waals surface area contributed by atoms with Gasteiger partial charge in [-0.1, -0.05) is 6.42 Å². The molecule has 22 heavy (non-hydrogen) atoms. The van der Waals surface area contributed by atoms with Crippen LogP contribution in [0.25, 0.3) is 0 Å². The van der Waals surface area contributed by atoms with Crippen LogP contribution in [-0.2, 0) is 14.1 Å². The van der Waals surface area contributed by atoms with Gasteiger partial charge in [0.2, 0.25) is 0 Å². The molecule has 1 aromatic heterocycles. The summed E-state index contributed by atoms with van der Waals surface area (Å²) in [5, 5.41) is 0. The molecule has 3 rings (SSSR count). The molecule has 0 aliphatic carbocycles. The van der Waals surface area contributed by atoms with Crippen LogP contribution in [0.15, 0.2) is 15.7 Å². The van der Waals surface area contributed by atoms with Gasteiger partial charge in [0, 0.05) is 39.3 Å². The predicted molar refractivity (Wildman–Crippen MR) is 87.6 cm³/mol. The third-order valence-electron chi connectivity index (χ3n) is 5.20. The van der Waals surface area contributed by atoms with Crippen molar-refractivity contribution in [2.45, 2.75) is 38.1 Å². The zero-order chi connectivity index (χ0) is 15.7. The maximum absolute atomic E-state index is 12.1. The van der Waals surface area contributed by atoms with Gasteiger partial charge in [-0.2, -0.15) is 0 Å². The van der Waals surface area contributed by atoms with Gasteiger partial charge in [0.05, 0.1) is 0 Å². The average Bonchev–Trinajstić information content (AvgIpc) is 2.57. The Labute approximate surface area is 131 Å². The molecule has 2 saturated heterocycles. The molecule has 2 aliphatic rings. The Morgan fingerprint density at radius 2 is 1.55 bits per heavy atom. The number of piperidine rings is 2. The van der Waals surface area contributed by atoms with Gasteiger partial charge in [0.15, 0.2) is 0 Å². The summed E-state index contributed by atoms with van der Waals surface area (Å²) in [6, 6.07) is 2.25. The van der Waals surface area contributed by atoms with Crippen molar-refractivity contribution in [1.29, 1.82) is 0 Å². The highest BCUT2D eigenvalue weighted by Crippen LogP contribution is 2.23. The highest BCUT2D eigenvalue weighted by Gasteiger charge is 2.26. The molecule has 6 nitrogen and oxygen atoms in total. The molecule has 0 saturated carbocycles. The van der Waals surface area contributed by atoms with Crippen molar-refractivity contribution in [1.82, 2.24) is 14.0 Å². The lowest BCUT2D eigenvalue weighted by atomic mass is 10.00. The standard InChI is InChI=1S/C16H26N4O2/c1-17-14(12-15(21)18(2)16(17)22)20-10-6-13(7-11-20)19-8-4-3-5-9-19/h12-13H,3-11H2,1-2H3. The number of anilines is 1. The van der Waals surface area contributed by atoms with E-state index in [4.69, 9.17) is 0 Å². The second-order valence-electron chi connectivity index (χ2n) is 6.56. The summed E-state index contributed by atoms with van der Waals surface area (Å²) in [6.45, 7) is 4.30. The van der Waals surface area contributed by atoms with Gasteiger partial charge >= 0.3 is 5.69 Å². The maximum Gasteiger partial charge on any atom is 0.332 e. The van der Waals surface area contributed by atoms with E-state index in [0.29, 0.717) is 6.04 Å². The average molecular weight is 306 g/mol. The Hall–Kier alpha value is -1.56. The Bertz CT molecular complexity index is 635. The third-order valence-corrected chi connectivity index (χ3v) is 5.20. The lowest BCUT2D eigenvalue weighted by Crippen LogP contribution is -2.48. The van der Waals surface area contributed by atoms with Crippen LogP contribution in [0, 0.1) is 0 Å². The smallest absolute Gasteiger partial charge is 0.332 e. The number of hydrogen-bond donors (Lipinski definition) is 0. The molecule has 1 aromatic rings. The van der Waals surface area contributed by atoms with E-state index in [0.717, 1.165) is 36.3 Å². The minimum atomic E-state index is -0.249. The van der Waals surface area contributed by atoms with Crippen molar-refractivity contribution in [2.24, 2.45) is 14.1 Å². The van der Waals surface area contributed by atoms with E-state index in [1.807, 2.05) is 0 Å². The van der Waals surface area contributed by atoms with Gasteiger partial charge in [0.25, 0.3) is 5.56 Å². The molecule has 2 aliphatic heterocycles. The van der Waals surface area contributed by atoms with Crippen molar-refractivity contribution < 1.29 is 0 Å². The van der Waals surface area contributed by atoms with Gasteiger partial charge in [-0.25, -0.2) is 4.79 Å². The molecule has 0 atom stereocenters. The van der Waals surface area contributed by atoms with Crippen LogP contribution in [0.3, 0.4) is 0 Å². The van der Waals surface area contributed by atoms with Crippen molar-refractivity contribution in [3.63, 3.8) is 0 Å². The number of likely N-dealkylation sites (tertiary alicyclic amines) is 1. The third kappa shape index (κ3) is 2.84. The summed E-state index contributed by atoms with van der Waals surface area (Å²) in [5.41, 5.74) is -0.475. The number of aromatic nitrogens is 2. The second-order valence-corrected chi connectivity index (χ2v) is 6.56. The zero-order valence-electron chi connectivity index (χ0n) is 13.6. The quantitative estimate of drug-likeness (QED) is 0.800. The van der Waals surface area contributed by atoms with Gasteiger partial charge in [-0.15, -0.1) is 0 Å². The first-order chi connectivity index (χ1) is 10.6. The van der Waals surface area contributed by atoms with Gasteiger partial charge < -0.3 is 9.80 Å². The van der Waals surface area contributed by atoms with Crippen molar-refractivity contribution >= 4 is 5.82 Å². The molecule has 0 radical (unpaired) electrons. The summed E-state index contributed by atoms with van der Waals surface area (Å²) >= 11 is 0. The van der Waals surface area contributed by atoms with Crippen LogP contribution in [0.5, 0.6) is 0 Å². The van der Waals surface area contributed by atoms with Crippen molar-refractivity contribution in [3.8, 4) is 0 Å². The summed E-state index contributed by atoms with van der Waals surface area (Å²) < 4.78 is 2.74. The summed E-state index contributed by atoms with van der Waals surface area (Å²) in [6.07, 6.45) is 6.24. The molecule has 0 spiro atoms. The van der Waals surface area contributed by atoms with Crippen molar-refractivity contribution in [3.05, 3.63) is 26.9 Å². The van der Waals surface area contributed by atoms with Gasteiger partial charge in [-0.3, -0.25) is 13.9 Å². The Morgan fingerprint density at radius 1 is 0.909 bits per heavy atom. The zero-order valence-corrected chi connectivity index (χ0v) is 13.6. The minimum Gasteiger partial charge on any atom is -0.358 e. The number of hydrogen-bond acceptors (Lipinski definition) is 4. The van der Waals surface area contributed by atoms with Crippen LogP contribution in [0.1, 0.15) is 32.1 Å². The van der Waals surface area contributed by atoms with Crippen LogP contribution < -0.4 is 16.1 Å². The Balaban J connectivity index is 1.71. The second kappa shape index (κ2) is 6.28. The van der Waals surface area contributed by atoms with Crippen LogP contribution in [-0.4, -0.2) is 46.3 Å². The molecule has 3 heterocycles. The van der Waals surface area contributed by atoms with Crippen molar-refractivity contribution in [2.75, 3.05) is 31.1 Å². The van der Waals surface area contributed by atoms with Crippen LogP contribution >= 0.6 is 0 Å². The molecule has 6 heteroatoms.